The fourth-order valence-corrected chi connectivity index (χ4v) is 3.15. The van der Waals surface area contributed by atoms with Gasteiger partial charge in [0.2, 0.25) is 0 Å². The Morgan fingerprint density at radius 2 is 1.56 bits per heavy atom. The van der Waals surface area contributed by atoms with Crippen LogP contribution in [0.25, 0.3) is 0 Å². The molecule has 0 aliphatic carbocycles. The van der Waals surface area contributed by atoms with Crippen molar-refractivity contribution < 1.29 is 9.18 Å². The first kappa shape index (κ1) is 17.0. The number of para-hydroxylation sites is 1. The van der Waals surface area contributed by atoms with Crippen molar-refractivity contribution in [3.63, 3.8) is 0 Å². The van der Waals surface area contributed by atoms with Gasteiger partial charge in [0.1, 0.15) is 5.82 Å². The molecule has 27 heavy (non-hydrogen) atoms. The van der Waals surface area contributed by atoms with Crippen molar-refractivity contribution in [3.8, 4) is 0 Å². The smallest absolute Gasteiger partial charge is 0.306 e. The topological polar surface area (TPSA) is 44.7 Å². The van der Waals surface area contributed by atoms with E-state index in [4.69, 9.17) is 0 Å². The van der Waals surface area contributed by atoms with E-state index in [9.17, 15) is 9.18 Å². The zero-order chi connectivity index (χ0) is 18.6. The van der Waals surface area contributed by atoms with Gasteiger partial charge < -0.3 is 5.32 Å². The number of nitrogens with zero attached hydrogens (tertiary/aromatic N) is 2. The third kappa shape index (κ3) is 3.72. The van der Waals surface area contributed by atoms with Gasteiger partial charge in [-0.05, 0) is 35.4 Å². The molecule has 0 fully saturated rings. The van der Waals surface area contributed by atoms with Gasteiger partial charge in [0, 0.05) is 12.1 Å². The molecule has 0 spiro atoms. The summed E-state index contributed by atoms with van der Waals surface area (Å²) in [6, 6.07) is 24.6. The lowest BCUT2D eigenvalue weighted by atomic mass is 9.98. The lowest BCUT2D eigenvalue weighted by molar-refractivity contribution is 0.200. The Bertz CT molecular complexity index is 956. The average molecular weight is 359 g/mol. The summed E-state index contributed by atoms with van der Waals surface area (Å²) >= 11 is 0. The van der Waals surface area contributed by atoms with Crippen LogP contribution < -0.4 is 5.32 Å². The first-order valence-corrected chi connectivity index (χ1v) is 8.74. The van der Waals surface area contributed by atoms with Crippen LogP contribution in [0.5, 0.6) is 0 Å². The van der Waals surface area contributed by atoms with E-state index in [1.165, 1.54) is 17.1 Å². The first-order chi connectivity index (χ1) is 13.2. The quantitative estimate of drug-likeness (QED) is 0.685. The molecular weight excluding hydrogens is 341 g/mol. The fourth-order valence-electron chi connectivity index (χ4n) is 3.15. The van der Waals surface area contributed by atoms with E-state index < -0.39 is 0 Å². The third-order valence-electron chi connectivity index (χ3n) is 4.51. The van der Waals surface area contributed by atoms with Gasteiger partial charge >= 0.3 is 6.03 Å². The Hall–Kier alpha value is -3.47. The van der Waals surface area contributed by atoms with Crippen LogP contribution in [0.4, 0.5) is 14.9 Å². The molecule has 0 aromatic heterocycles. The minimum absolute atomic E-state index is 0.287. The van der Waals surface area contributed by atoms with E-state index in [1.807, 2.05) is 60.7 Å². The number of rotatable bonds is 3. The summed E-state index contributed by atoms with van der Waals surface area (Å²) in [6.45, 7) is 0. The van der Waals surface area contributed by atoms with Crippen molar-refractivity contribution in [2.75, 3.05) is 5.32 Å². The highest BCUT2D eigenvalue weighted by Crippen LogP contribution is 2.33. The Kier molecular flexibility index (Phi) is 4.66. The average Bonchev–Trinajstić information content (AvgIpc) is 3.16. The van der Waals surface area contributed by atoms with Crippen LogP contribution >= 0.6 is 0 Å². The molecule has 0 saturated carbocycles. The van der Waals surface area contributed by atoms with Gasteiger partial charge in [0.05, 0.1) is 11.8 Å². The molecule has 1 unspecified atom stereocenters. The molecule has 0 saturated heterocycles. The predicted octanol–water partition coefficient (Wildman–Crippen LogP) is 5.21. The summed E-state index contributed by atoms with van der Waals surface area (Å²) < 4.78 is 13.3. The van der Waals surface area contributed by atoms with Crippen LogP contribution in [0.1, 0.15) is 23.6 Å². The van der Waals surface area contributed by atoms with E-state index >= 15 is 0 Å². The standard InChI is InChI=1S/C22H18FN3O/c23-18-13-11-17(12-14-18)21-15-20(16-7-3-1-4-8-16)25-26(21)22(27)24-19-9-5-2-6-10-19/h1-14,21H,15H2,(H,24,27). The van der Waals surface area contributed by atoms with E-state index in [-0.39, 0.29) is 17.9 Å². The summed E-state index contributed by atoms with van der Waals surface area (Å²) in [4.78, 5) is 12.9. The van der Waals surface area contributed by atoms with Gasteiger partial charge in [-0.25, -0.2) is 14.2 Å². The molecule has 0 bridgehead atoms. The highest BCUT2D eigenvalue weighted by atomic mass is 19.1. The number of anilines is 1. The number of amides is 2. The largest absolute Gasteiger partial charge is 0.342 e. The van der Waals surface area contributed by atoms with Crippen LogP contribution in [0, 0.1) is 5.82 Å². The molecule has 3 aromatic carbocycles. The van der Waals surface area contributed by atoms with Gasteiger partial charge in [-0.2, -0.15) is 5.10 Å². The summed E-state index contributed by atoms with van der Waals surface area (Å²) in [5.41, 5.74) is 3.34. The minimum atomic E-state index is -0.318. The molecule has 2 amide bonds. The van der Waals surface area contributed by atoms with Crippen molar-refractivity contribution in [1.82, 2.24) is 5.01 Å². The molecule has 4 rings (SSSR count). The van der Waals surface area contributed by atoms with Crippen LogP contribution in [-0.2, 0) is 0 Å². The lowest BCUT2D eigenvalue weighted by Gasteiger charge is -2.22. The molecule has 1 heterocycles. The number of urea groups is 1. The number of nitrogens with one attached hydrogen (secondary N) is 1. The van der Waals surface area contributed by atoms with Gasteiger partial charge in [-0.15, -0.1) is 0 Å². The zero-order valence-corrected chi connectivity index (χ0v) is 14.5. The zero-order valence-electron chi connectivity index (χ0n) is 14.5. The van der Waals surface area contributed by atoms with Gasteiger partial charge in [0.15, 0.2) is 0 Å². The number of halogens is 1. The monoisotopic (exact) mass is 359 g/mol. The summed E-state index contributed by atoms with van der Waals surface area (Å²) in [5, 5.41) is 8.90. The third-order valence-corrected chi connectivity index (χ3v) is 4.51. The second-order valence-corrected chi connectivity index (χ2v) is 6.32. The molecule has 1 aliphatic rings. The van der Waals surface area contributed by atoms with E-state index in [2.05, 4.69) is 10.4 Å². The highest BCUT2D eigenvalue weighted by molar-refractivity contribution is 6.04. The lowest BCUT2D eigenvalue weighted by Crippen LogP contribution is -2.31. The Labute approximate surface area is 157 Å². The molecule has 5 heteroatoms. The van der Waals surface area contributed by atoms with Crippen LogP contribution in [0.3, 0.4) is 0 Å². The van der Waals surface area contributed by atoms with Crippen LogP contribution in [-0.4, -0.2) is 16.8 Å². The van der Waals surface area contributed by atoms with Crippen LogP contribution in [0.2, 0.25) is 0 Å². The summed E-state index contributed by atoms with van der Waals surface area (Å²) in [7, 11) is 0. The Morgan fingerprint density at radius 1 is 0.926 bits per heavy atom. The number of carbonyl (C=O) groups excluding carboxylic acids is 1. The van der Waals surface area contributed by atoms with Crippen molar-refractivity contribution in [1.29, 1.82) is 0 Å². The molecule has 3 aromatic rings. The molecular formula is C22H18FN3O. The molecule has 1 atom stereocenters. The highest BCUT2D eigenvalue weighted by Gasteiger charge is 2.33. The molecule has 1 N–H and O–H groups in total. The van der Waals surface area contributed by atoms with Crippen molar-refractivity contribution in [2.45, 2.75) is 12.5 Å². The first-order valence-electron chi connectivity index (χ1n) is 8.74. The molecule has 4 nitrogen and oxygen atoms in total. The van der Waals surface area contributed by atoms with Gasteiger partial charge in [-0.1, -0.05) is 60.7 Å². The van der Waals surface area contributed by atoms with Crippen molar-refractivity contribution in [3.05, 3.63) is 102 Å². The minimum Gasteiger partial charge on any atom is -0.306 e. The number of benzene rings is 3. The van der Waals surface area contributed by atoms with Crippen molar-refractivity contribution >= 4 is 17.4 Å². The SMILES string of the molecule is O=C(Nc1ccccc1)N1N=C(c2ccccc2)CC1c1ccc(F)cc1. The molecule has 134 valence electrons. The second kappa shape index (κ2) is 7.41. The number of carbonyl (C=O) groups is 1. The maximum Gasteiger partial charge on any atom is 0.342 e. The maximum absolute atomic E-state index is 13.3. The number of hydrazone groups is 1. The normalized spacial score (nSPS) is 16.1. The predicted molar refractivity (Wildman–Crippen MR) is 104 cm³/mol. The van der Waals surface area contributed by atoms with Gasteiger partial charge in [-0.3, -0.25) is 0 Å². The molecule has 1 aliphatic heterocycles. The van der Waals surface area contributed by atoms with E-state index in [0.29, 0.717) is 12.1 Å². The van der Waals surface area contributed by atoms with Gasteiger partial charge in [0.25, 0.3) is 0 Å². The Morgan fingerprint density at radius 3 is 2.22 bits per heavy atom. The summed E-state index contributed by atoms with van der Waals surface area (Å²) in [5.74, 6) is -0.304. The number of hydrogen-bond donors (Lipinski definition) is 1. The van der Waals surface area contributed by atoms with Crippen molar-refractivity contribution in [2.24, 2.45) is 5.10 Å². The van der Waals surface area contributed by atoms with Crippen LogP contribution in [0.15, 0.2) is 90.0 Å². The molecule has 0 radical (unpaired) electrons. The summed E-state index contributed by atoms with van der Waals surface area (Å²) in [6.07, 6.45) is 0.567. The Balaban J connectivity index is 1.65. The number of hydrogen-bond acceptors (Lipinski definition) is 2. The second-order valence-electron chi connectivity index (χ2n) is 6.32. The van der Waals surface area contributed by atoms with E-state index in [0.717, 1.165) is 16.8 Å². The fraction of sp³-hybridized carbons (Fsp3) is 0.0909. The maximum atomic E-state index is 13.3. The van der Waals surface area contributed by atoms with E-state index in [1.54, 1.807) is 12.1 Å².